The summed E-state index contributed by atoms with van der Waals surface area (Å²) in [4.78, 5) is 0. The van der Waals surface area contributed by atoms with Crippen molar-refractivity contribution < 1.29 is 0 Å². The third kappa shape index (κ3) is 1.40. The molecule has 0 aromatic carbocycles. The molecule has 0 saturated heterocycles. The topological polar surface area (TPSA) is 26.0 Å². The minimum atomic E-state index is 0.682. The first-order chi connectivity index (χ1) is 7.57. The maximum atomic E-state index is 5.93. The Morgan fingerprint density at radius 3 is 2.25 bits per heavy atom. The van der Waals surface area contributed by atoms with Gasteiger partial charge in [-0.2, -0.15) is 0 Å². The van der Waals surface area contributed by atoms with Gasteiger partial charge in [-0.05, 0) is 48.0 Å². The van der Waals surface area contributed by atoms with Gasteiger partial charge in [-0.3, -0.25) is 0 Å². The lowest BCUT2D eigenvalue weighted by molar-refractivity contribution is 0.182. The van der Waals surface area contributed by atoms with Crippen LogP contribution in [0, 0.1) is 28.6 Å². The van der Waals surface area contributed by atoms with Crippen LogP contribution in [-0.2, 0) is 0 Å². The van der Waals surface area contributed by atoms with Crippen molar-refractivity contribution in [1.29, 1.82) is 0 Å². The first-order valence-corrected chi connectivity index (χ1v) is 7.28. The van der Waals surface area contributed by atoms with E-state index in [0.29, 0.717) is 10.8 Å². The van der Waals surface area contributed by atoms with E-state index >= 15 is 0 Å². The fraction of sp³-hybridized carbons (Fsp3) is 1.00. The van der Waals surface area contributed by atoms with Crippen LogP contribution in [0.2, 0.25) is 0 Å². The predicted molar refractivity (Wildman–Crippen MR) is 70.2 cm³/mol. The third-order valence-corrected chi connectivity index (χ3v) is 5.94. The molecule has 0 bridgehead atoms. The molecule has 0 spiro atoms. The van der Waals surface area contributed by atoms with Crippen LogP contribution in [0.15, 0.2) is 0 Å². The average molecular weight is 223 g/mol. The second-order valence-electron chi connectivity index (χ2n) is 6.59. The predicted octanol–water partition coefficient (Wildman–Crippen LogP) is 3.82. The van der Waals surface area contributed by atoms with Gasteiger partial charge in [0, 0.05) is 0 Å². The van der Waals surface area contributed by atoms with E-state index in [1.54, 1.807) is 0 Å². The summed E-state index contributed by atoms with van der Waals surface area (Å²) < 4.78 is 0. The van der Waals surface area contributed by atoms with Crippen molar-refractivity contribution in [2.24, 2.45) is 34.3 Å². The molecule has 1 nitrogen and oxygen atoms in total. The van der Waals surface area contributed by atoms with Crippen molar-refractivity contribution in [3.8, 4) is 0 Å². The highest BCUT2D eigenvalue weighted by Crippen LogP contribution is 2.93. The van der Waals surface area contributed by atoms with E-state index in [2.05, 4.69) is 27.7 Å². The maximum absolute atomic E-state index is 5.93. The van der Waals surface area contributed by atoms with Gasteiger partial charge in [-0.25, -0.2) is 0 Å². The zero-order valence-electron chi connectivity index (χ0n) is 11.6. The molecule has 2 aliphatic carbocycles. The Labute approximate surface area is 101 Å². The second-order valence-corrected chi connectivity index (χ2v) is 6.59. The lowest BCUT2D eigenvalue weighted by atomic mass is 9.74. The number of unbranched alkanes of at least 4 members (excludes halogenated alkanes) is 1. The van der Waals surface area contributed by atoms with Crippen molar-refractivity contribution in [2.45, 2.75) is 59.8 Å². The lowest BCUT2D eigenvalue weighted by Gasteiger charge is -2.31. The molecule has 5 unspecified atom stereocenters. The summed E-state index contributed by atoms with van der Waals surface area (Å²) in [6.45, 7) is 10.5. The fourth-order valence-electron chi connectivity index (χ4n) is 4.72. The van der Waals surface area contributed by atoms with E-state index in [0.717, 1.165) is 24.3 Å². The largest absolute Gasteiger partial charge is 0.330 e. The van der Waals surface area contributed by atoms with E-state index in [1.807, 2.05) is 0 Å². The van der Waals surface area contributed by atoms with Crippen LogP contribution in [0.4, 0.5) is 0 Å². The van der Waals surface area contributed by atoms with Crippen molar-refractivity contribution in [2.75, 3.05) is 6.54 Å². The van der Waals surface area contributed by atoms with Gasteiger partial charge in [0.2, 0.25) is 0 Å². The maximum Gasteiger partial charge on any atom is -0.00459 e. The van der Waals surface area contributed by atoms with E-state index < -0.39 is 0 Å². The van der Waals surface area contributed by atoms with Crippen LogP contribution in [0.1, 0.15) is 59.8 Å². The van der Waals surface area contributed by atoms with Crippen molar-refractivity contribution in [3.05, 3.63) is 0 Å². The molecule has 0 aromatic rings. The lowest BCUT2D eigenvalue weighted by Crippen LogP contribution is -2.28. The monoisotopic (exact) mass is 223 g/mol. The Morgan fingerprint density at radius 2 is 1.81 bits per heavy atom. The Kier molecular flexibility index (Phi) is 3.11. The summed E-state index contributed by atoms with van der Waals surface area (Å²) in [6, 6.07) is 0. The molecule has 0 aromatic heterocycles. The zero-order chi connectivity index (χ0) is 12.0. The van der Waals surface area contributed by atoms with E-state index in [9.17, 15) is 0 Å². The smallest absolute Gasteiger partial charge is 0.00459 e. The molecule has 5 atom stereocenters. The van der Waals surface area contributed by atoms with Crippen molar-refractivity contribution in [1.82, 2.24) is 0 Å². The molecule has 16 heavy (non-hydrogen) atoms. The number of hydrogen-bond acceptors (Lipinski definition) is 1. The Bertz CT molecular complexity index is 262. The van der Waals surface area contributed by atoms with Crippen LogP contribution in [0.5, 0.6) is 0 Å². The van der Waals surface area contributed by atoms with Crippen LogP contribution in [-0.4, -0.2) is 6.54 Å². The quantitative estimate of drug-likeness (QED) is 0.697. The highest BCUT2D eigenvalue weighted by Gasteiger charge is 2.89. The average Bonchev–Trinajstić information content (AvgIpc) is 3.06. The van der Waals surface area contributed by atoms with Gasteiger partial charge in [-0.1, -0.05) is 47.0 Å². The first-order valence-electron chi connectivity index (χ1n) is 7.28. The number of fused-ring (bicyclic) bond motifs is 1. The molecule has 94 valence electrons. The molecule has 0 aliphatic heterocycles. The summed E-state index contributed by atoms with van der Waals surface area (Å²) in [5, 5.41) is 0. The van der Waals surface area contributed by atoms with Crippen molar-refractivity contribution >= 4 is 0 Å². The molecule has 2 saturated carbocycles. The molecule has 2 N–H and O–H groups in total. The number of hydrogen-bond donors (Lipinski definition) is 1. The Morgan fingerprint density at radius 1 is 1.19 bits per heavy atom. The zero-order valence-corrected chi connectivity index (χ0v) is 11.6. The normalized spacial score (nSPS) is 46.3. The molecule has 1 heteroatoms. The van der Waals surface area contributed by atoms with E-state index in [4.69, 9.17) is 5.73 Å². The van der Waals surface area contributed by atoms with Crippen molar-refractivity contribution in [3.63, 3.8) is 0 Å². The number of nitrogens with two attached hydrogens (primary N) is 1. The van der Waals surface area contributed by atoms with Gasteiger partial charge in [0.1, 0.15) is 0 Å². The van der Waals surface area contributed by atoms with Gasteiger partial charge in [0.05, 0.1) is 0 Å². The molecule has 2 rings (SSSR count). The summed E-state index contributed by atoms with van der Waals surface area (Å²) in [6.07, 6.45) is 6.85. The first kappa shape index (κ1) is 12.4. The summed E-state index contributed by atoms with van der Waals surface area (Å²) in [5.41, 5.74) is 7.30. The molecular weight excluding hydrogens is 194 g/mol. The Hall–Kier alpha value is -0.0400. The molecule has 0 heterocycles. The van der Waals surface area contributed by atoms with E-state index in [1.165, 1.54) is 32.1 Å². The molecule has 0 amide bonds. The minimum Gasteiger partial charge on any atom is -0.330 e. The second kappa shape index (κ2) is 4.01. The van der Waals surface area contributed by atoms with E-state index in [-0.39, 0.29) is 0 Å². The summed E-state index contributed by atoms with van der Waals surface area (Å²) >= 11 is 0. The standard InChI is InChI=1S/C15H29N/c1-5-7-9-14(3)13-12(15(13,14)4)11(10-16)8-6-2/h11-13H,5-10,16H2,1-4H3. The van der Waals surface area contributed by atoms with Gasteiger partial charge in [0.25, 0.3) is 0 Å². The minimum absolute atomic E-state index is 0.682. The fourth-order valence-corrected chi connectivity index (χ4v) is 4.72. The van der Waals surface area contributed by atoms with Gasteiger partial charge >= 0.3 is 0 Å². The molecular formula is C15H29N. The Balaban J connectivity index is 1.88. The van der Waals surface area contributed by atoms with Crippen LogP contribution >= 0.6 is 0 Å². The van der Waals surface area contributed by atoms with Gasteiger partial charge in [0.15, 0.2) is 0 Å². The molecule has 2 fully saturated rings. The van der Waals surface area contributed by atoms with Crippen LogP contribution in [0.3, 0.4) is 0 Å². The van der Waals surface area contributed by atoms with Gasteiger partial charge < -0.3 is 5.73 Å². The van der Waals surface area contributed by atoms with Gasteiger partial charge in [-0.15, -0.1) is 0 Å². The summed E-state index contributed by atoms with van der Waals surface area (Å²) in [7, 11) is 0. The van der Waals surface area contributed by atoms with Crippen LogP contribution in [0.25, 0.3) is 0 Å². The number of rotatable bonds is 7. The SMILES string of the molecule is CCCCC1(C)C2C(C(CN)CCC)C21C. The molecule has 2 aliphatic rings. The molecule has 0 radical (unpaired) electrons. The van der Waals surface area contributed by atoms with Crippen LogP contribution < -0.4 is 5.73 Å². The summed E-state index contributed by atoms with van der Waals surface area (Å²) in [5.74, 6) is 2.81. The third-order valence-electron chi connectivity index (χ3n) is 5.94. The highest BCUT2D eigenvalue weighted by atomic mass is 14.9. The highest BCUT2D eigenvalue weighted by molar-refractivity contribution is 5.36.